The maximum Gasteiger partial charge on any atom is 0.307 e. The number of hydrogen-bond acceptors (Lipinski definition) is 6. The van der Waals surface area contributed by atoms with Crippen LogP contribution < -0.4 is 0 Å². The Morgan fingerprint density at radius 2 is 2.16 bits per heavy atom. The van der Waals surface area contributed by atoms with Crippen LogP contribution in [-0.2, 0) is 4.79 Å². The van der Waals surface area contributed by atoms with Crippen molar-refractivity contribution in [3.63, 3.8) is 0 Å². The third-order valence-electron chi connectivity index (χ3n) is 4.03. The molecule has 0 atom stereocenters. The lowest BCUT2D eigenvalue weighted by molar-refractivity contribution is -0.136. The van der Waals surface area contributed by atoms with Gasteiger partial charge in [0.15, 0.2) is 5.78 Å². The molecule has 1 aliphatic heterocycles. The molecule has 0 unspecified atom stereocenters. The molecular weight excluding hydrogens is 382 g/mol. The Morgan fingerprint density at radius 1 is 1.44 bits per heavy atom. The Labute approximate surface area is 157 Å². The smallest absolute Gasteiger partial charge is 0.307 e. The molecule has 0 saturated carbocycles. The van der Waals surface area contributed by atoms with Crippen LogP contribution in [0.5, 0.6) is 0 Å². The average molecular weight is 396 g/mol. The second kappa shape index (κ2) is 6.82. The second-order valence-corrected chi connectivity index (χ2v) is 7.97. The molecule has 2 aliphatic rings. The maximum absolute atomic E-state index is 12.7. The molecule has 0 bridgehead atoms. The molecule has 0 radical (unpaired) electrons. The number of aliphatic carboxylic acids is 1. The highest BCUT2D eigenvalue weighted by Gasteiger charge is 2.35. The van der Waals surface area contributed by atoms with Crippen molar-refractivity contribution in [1.29, 1.82) is 0 Å². The molecule has 25 heavy (non-hydrogen) atoms. The molecule has 2 N–H and O–H groups in total. The number of rotatable bonds is 5. The summed E-state index contributed by atoms with van der Waals surface area (Å²) in [6.45, 7) is 1.70. The third-order valence-corrected chi connectivity index (χ3v) is 6.43. The quantitative estimate of drug-likeness (QED) is 0.563. The molecule has 0 amide bonds. The van der Waals surface area contributed by atoms with E-state index in [1.54, 1.807) is 30.1 Å². The van der Waals surface area contributed by atoms with Crippen LogP contribution in [0.2, 0.25) is 0 Å². The monoisotopic (exact) mass is 395 g/mol. The van der Waals surface area contributed by atoms with Crippen LogP contribution in [0.15, 0.2) is 53.9 Å². The predicted molar refractivity (Wildman–Crippen MR) is 100.0 cm³/mol. The fraction of sp³-hybridized carbons (Fsp3) is 0.235. The summed E-state index contributed by atoms with van der Waals surface area (Å²) in [6, 6.07) is 1.78. The lowest BCUT2D eigenvalue weighted by Gasteiger charge is -2.19. The van der Waals surface area contributed by atoms with Crippen molar-refractivity contribution in [2.24, 2.45) is 4.99 Å². The number of aliphatic hydroxyl groups excluding tert-OH is 1. The van der Waals surface area contributed by atoms with Crippen molar-refractivity contribution < 1.29 is 19.8 Å². The van der Waals surface area contributed by atoms with Gasteiger partial charge in [0.2, 0.25) is 0 Å². The third kappa shape index (κ3) is 3.19. The van der Waals surface area contributed by atoms with Crippen LogP contribution in [0.25, 0.3) is 0 Å². The number of carbonyl (C=O) groups is 2. The van der Waals surface area contributed by atoms with E-state index in [0.717, 1.165) is 4.21 Å². The minimum Gasteiger partial charge on any atom is -0.506 e. The summed E-state index contributed by atoms with van der Waals surface area (Å²) in [5, 5.41) is 21.3. The Morgan fingerprint density at radius 3 is 2.76 bits per heavy atom. The van der Waals surface area contributed by atoms with Crippen molar-refractivity contribution in [2.75, 3.05) is 6.26 Å². The summed E-state index contributed by atoms with van der Waals surface area (Å²) < 4.78 is 1.00. The molecule has 3 rings (SSSR count). The van der Waals surface area contributed by atoms with Crippen molar-refractivity contribution in [3.05, 3.63) is 50.2 Å². The highest BCUT2D eigenvalue weighted by Crippen LogP contribution is 2.41. The summed E-state index contributed by atoms with van der Waals surface area (Å²) in [5.41, 5.74) is 2.67. The second-order valence-electron chi connectivity index (χ2n) is 5.57. The van der Waals surface area contributed by atoms with Crippen LogP contribution in [0.4, 0.5) is 0 Å². The first-order chi connectivity index (χ1) is 11.8. The molecule has 1 aliphatic carbocycles. The molecule has 0 saturated heterocycles. The SMILES string of the molecule is CSc1cc(C(=O)C2=C(O)C(Cl)=C3C(=NC(C)=C3CC(=O)O)C2)cs1. The number of thioether (sulfide) groups is 1. The molecule has 130 valence electrons. The standard InChI is InChI=1S/C17H14ClNO4S2/c1-7-9(5-12(20)21)14-11(19-7)4-10(17(23)15(14)18)16(22)8-3-13(24-2)25-6-8/h3,6,23H,4-5H2,1-2H3,(H,20,21). The first-order valence-corrected chi connectivity index (χ1v) is 9.81. The first kappa shape index (κ1) is 18.0. The lowest BCUT2D eigenvalue weighted by Crippen LogP contribution is -2.18. The molecular formula is C17H14ClNO4S2. The number of fused-ring (bicyclic) bond motifs is 1. The normalized spacial score (nSPS) is 17.2. The van der Waals surface area contributed by atoms with Gasteiger partial charge in [-0.05, 0) is 24.8 Å². The fourth-order valence-corrected chi connectivity index (χ4v) is 4.57. The minimum absolute atomic E-state index is 0.0123. The number of nitrogens with zero attached hydrogens (tertiary/aromatic N) is 1. The number of carbonyl (C=O) groups excluding carboxylic acids is 1. The van der Waals surface area contributed by atoms with Crippen LogP contribution >= 0.6 is 34.7 Å². The number of allylic oxidation sites excluding steroid dienone is 4. The van der Waals surface area contributed by atoms with Crippen LogP contribution in [0.3, 0.4) is 0 Å². The number of aliphatic imine (C=N–C) groups is 1. The molecule has 2 heterocycles. The van der Waals surface area contributed by atoms with E-state index in [-0.39, 0.29) is 35.0 Å². The summed E-state index contributed by atoms with van der Waals surface area (Å²) in [6.07, 6.45) is 1.82. The number of ketones is 1. The van der Waals surface area contributed by atoms with Crippen LogP contribution in [0.1, 0.15) is 30.1 Å². The Balaban J connectivity index is 2.01. The summed E-state index contributed by atoms with van der Waals surface area (Å²) in [5.74, 6) is -1.59. The summed E-state index contributed by atoms with van der Waals surface area (Å²) >= 11 is 9.28. The topological polar surface area (TPSA) is 87.0 Å². The van der Waals surface area contributed by atoms with Crippen LogP contribution in [0, 0.1) is 0 Å². The highest BCUT2D eigenvalue weighted by molar-refractivity contribution is 8.00. The largest absolute Gasteiger partial charge is 0.506 e. The zero-order valence-corrected chi connectivity index (χ0v) is 15.8. The van der Waals surface area contributed by atoms with Gasteiger partial charge in [0, 0.05) is 34.2 Å². The van der Waals surface area contributed by atoms with Gasteiger partial charge in [0.05, 0.1) is 21.4 Å². The number of aliphatic hydroxyl groups is 1. The van der Waals surface area contributed by atoms with E-state index in [1.165, 1.54) is 11.3 Å². The Bertz CT molecular complexity index is 921. The number of Topliss-reactive ketones (excluding diaryl/α,β-unsaturated/α-hetero) is 1. The number of halogens is 1. The Hall–Kier alpha value is -1.83. The number of carboxylic acids is 1. The van der Waals surface area contributed by atoms with Gasteiger partial charge in [-0.3, -0.25) is 14.6 Å². The van der Waals surface area contributed by atoms with Gasteiger partial charge in [0.1, 0.15) is 5.76 Å². The van der Waals surface area contributed by atoms with E-state index in [9.17, 15) is 14.7 Å². The lowest BCUT2D eigenvalue weighted by atomic mass is 9.87. The van der Waals surface area contributed by atoms with Gasteiger partial charge in [-0.2, -0.15) is 0 Å². The van der Waals surface area contributed by atoms with Crippen molar-refractivity contribution in [2.45, 2.75) is 24.0 Å². The number of carboxylic acid groups (broad SMARTS) is 1. The van der Waals surface area contributed by atoms with E-state index in [4.69, 9.17) is 16.7 Å². The van der Waals surface area contributed by atoms with E-state index in [2.05, 4.69) is 4.99 Å². The maximum atomic E-state index is 12.7. The van der Waals surface area contributed by atoms with Gasteiger partial charge < -0.3 is 10.2 Å². The highest BCUT2D eigenvalue weighted by atomic mass is 35.5. The minimum atomic E-state index is -1.00. The van der Waals surface area contributed by atoms with E-state index >= 15 is 0 Å². The van der Waals surface area contributed by atoms with Gasteiger partial charge >= 0.3 is 5.97 Å². The zero-order valence-electron chi connectivity index (χ0n) is 13.4. The zero-order chi connectivity index (χ0) is 18.3. The van der Waals surface area contributed by atoms with E-state index in [1.807, 2.05) is 6.26 Å². The van der Waals surface area contributed by atoms with Gasteiger partial charge in [0.25, 0.3) is 0 Å². The van der Waals surface area contributed by atoms with Crippen molar-refractivity contribution >= 4 is 52.2 Å². The van der Waals surface area contributed by atoms with E-state index < -0.39 is 5.97 Å². The first-order valence-electron chi connectivity index (χ1n) is 7.32. The summed E-state index contributed by atoms with van der Waals surface area (Å²) in [4.78, 5) is 28.2. The van der Waals surface area contributed by atoms with Gasteiger partial charge in [-0.15, -0.1) is 23.1 Å². The molecule has 1 aromatic heterocycles. The van der Waals surface area contributed by atoms with Crippen molar-refractivity contribution in [1.82, 2.24) is 0 Å². The molecule has 1 aromatic rings. The molecule has 0 spiro atoms. The molecule has 0 aromatic carbocycles. The average Bonchev–Trinajstić information content (AvgIpc) is 3.15. The number of thiophene rings is 1. The number of hydrogen-bond donors (Lipinski definition) is 2. The van der Waals surface area contributed by atoms with E-state index in [0.29, 0.717) is 28.1 Å². The Kier molecular flexibility index (Phi) is 4.90. The predicted octanol–water partition coefficient (Wildman–Crippen LogP) is 4.56. The molecule has 8 heteroatoms. The molecule has 5 nitrogen and oxygen atoms in total. The molecule has 0 fully saturated rings. The fourth-order valence-electron chi connectivity index (χ4n) is 2.84. The van der Waals surface area contributed by atoms with Gasteiger partial charge in [-0.25, -0.2) is 0 Å². The summed E-state index contributed by atoms with van der Waals surface area (Å²) in [7, 11) is 0. The van der Waals surface area contributed by atoms with Crippen LogP contribution in [-0.4, -0.2) is 33.9 Å². The van der Waals surface area contributed by atoms with Crippen molar-refractivity contribution in [3.8, 4) is 0 Å². The van der Waals surface area contributed by atoms with Gasteiger partial charge in [-0.1, -0.05) is 11.6 Å².